The summed E-state index contributed by atoms with van der Waals surface area (Å²) in [6.45, 7) is 3.58. The summed E-state index contributed by atoms with van der Waals surface area (Å²) in [4.78, 5) is 23.0. The monoisotopic (exact) mass is 265 g/mol. The van der Waals surface area contributed by atoms with Gasteiger partial charge in [-0.1, -0.05) is 18.2 Å². The van der Waals surface area contributed by atoms with Crippen molar-refractivity contribution >= 4 is 11.9 Å². The number of carbonyl (C=O) groups is 2. The van der Waals surface area contributed by atoms with Crippen LogP contribution in [0.3, 0.4) is 0 Å². The van der Waals surface area contributed by atoms with E-state index in [0.29, 0.717) is 12.2 Å². The highest BCUT2D eigenvalue weighted by Crippen LogP contribution is 2.11. The van der Waals surface area contributed by atoms with Gasteiger partial charge in [-0.3, -0.25) is 9.59 Å². The minimum Gasteiger partial charge on any atom is -0.481 e. The molecule has 0 aliphatic carbocycles. The Bertz CT molecular complexity index is 459. The Balaban J connectivity index is 2.81. The summed E-state index contributed by atoms with van der Waals surface area (Å²) in [6.07, 6.45) is 0. The Morgan fingerprint density at radius 3 is 2.53 bits per heavy atom. The number of carboxylic acid groups (broad SMARTS) is 1. The van der Waals surface area contributed by atoms with E-state index in [1.807, 2.05) is 12.1 Å². The van der Waals surface area contributed by atoms with E-state index < -0.39 is 17.9 Å². The molecule has 1 aromatic rings. The molecule has 0 saturated carbocycles. The van der Waals surface area contributed by atoms with Crippen molar-refractivity contribution in [2.45, 2.75) is 26.5 Å². The highest BCUT2D eigenvalue weighted by atomic mass is 16.5. The highest BCUT2D eigenvalue weighted by molar-refractivity contribution is 5.96. The quantitative estimate of drug-likeness (QED) is 0.820. The van der Waals surface area contributed by atoms with E-state index in [9.17, 15) is 9.59 Å². The van der Waals surface area contributed by atoms with Crippen molar-refractivity contribution in [1.29, 1.82) is 0 Å². The molecule has 0 fully saturated rings. The van der Waals surface area contributed by atoms with E-state index in [0.717, 1.165) is 5.56 Å². The summed E-state index contributed by atoms with van der Waals surface area (Å²) < 4.78 is 5.04. The van der Waals surface area contributed by atoms with E-state index in [4.69, 9.17) is 9.84 Å². The molecule has 1 rings (SSSR count). The van der Waals surface area contributed by atoms with Crippen molar-refractivity contribution in [3.8, 4) is 0 Å². The summed E-state index contributed by atoms with van der Waals surface area (Å²) in [7, 11) is 1.56. The van der Waals surface area contributed by atoms with Gasteiger partial charge in [-0.05, 0) is 25.5 Å². The number of carboxylic acids is 1. The molecule has 0 aromatic heterocycles. The smallest absolute Gasteiger partial charge is 0.308 e. The van der Waals surface area contributed by atoms with Crippen molar-refractivity contribution < 1.29 is 19.4 Å². The first-order valence-corrected chi connectivity index (χ1v) is 6.08. The molecule has 1 aromatic carbocycles. The number of carbonyl (C=O) groups excluding carboxylic acids is 1. The summed E-state index contributed by atoms with van der Waals surface area (Å²) in [5.41, 5.74) is 1.28. The molecule has 2 N–H and O–H groups in total. The van der Waals surface area contributed by atoms with Gasteiger partial charge in [0.25, 0.3) is 5.91 Å². The lowest BCUT2D eigenvalue weighted by molar-refractivity contribution is -0.141. The van der Waals surface area contributed by atoms with Crippen LogP contribution in [0, 0.1) is 5.92 Å². The number of rotatable bonds is 6. The largest absolute Gasteiger partial charge is 0.481 e. The van der Waals surface area contributed by atoms with Gasteiger partial charge in [0.1, 0.15) is 0 Å². The molecule has 104 valence electrons. The Kier molecular flexibility index (Phi) is 5.51. The standard InChI is InChI=1S/C14H19NO4/c1-9(14(17)18)10(2)15-13(16)12-7-5-4-6-11(12)8-19-3/h4-7,9-10H,8H2,1-3H3,(H,15,16)(H,17,18). The summed E-state index contributed by atoms with van der Waals surface area (Å²) >= 11 is 0. The van der Waals surface area contributed by atoms with Crippen molar-refractivity contribution in [2.75, 3.05) is 7.11 Å². The zero-order chi connectivity index (χ0) is 14.4. The van der Waals surface area contributed by atoms with E-state index in [-0.39, 0.29) is 5.91 Å². The first kappa shape index (κ1) is 15.2. The number of hydrogen-bond acceptors (Lipinski definition) is 3. The van der Waals surface area contributed by atoms with Crippen molar-refractivity contribution in [3.05, 3.63) is 35.4 Å². The maximum absolute atomic E-state index is 12.1. The lowest BCUT2D eigenvalue weighted by atomic mass is 10.0. The van der Waals surface area contributed by atoms with Crippen molar-refractivity contribution in [1.82, 2.24) is 5.32 Å². The van der Waals surface area contributed by atoms with Gasteiger partial charge in [0.05, 0.1) is 12.5 Å². The third-order valence-corrected chi connectivity index (χ3v) is 3.06. The predicted octanol–water partition coefficient (Wildman–Crippen LogP) is 1.67. The average Bonchev–Trinajstić information content (AvgIpc) is 2.38. The van der Waals surface area contributed by atoms with E-state index in [1.165, 1.54) is 0 Å². The van der Waals surface area contributed by atoms with Gasteiger partial charge < -0.3 is 15.2 Å². The number of ether oxygens (including phenoxy) is 1. The minimum atomic E-state index is -0.932. The van der Waals surface area contributed by atoms with E-state index >= 15 is 0 Å². The first-order chi connectivity index (χ1) is 8.97. The Morgan fingerprint density at radius 2 is 1.95 bits per heavy atom. The molecule has 0 heterocycles. The van der Waals surface area contributed by atoms with Crippen LogP contribution in [-0.2, 0) is 16.1 Å². The van der Waals surface area contributed by atoms with Crippen LogP contribution in [0.5, 0.6) is 0 Å². The van der Waals surface area contributed by atoms with Crippen LogP contribution in [0.4, 0.5) is 0 Å². The Labute approximate surface area is 112 Å². The number of aliphatic carboxylic acids is 1. The fourth-order valence-corrected chi connectivity index (χ4v) is 1.65. The van der Waals surface area contributed by atoms with Gasteiger partial charge in [0, 0.05) is 18.7 Å². The van der Waals surface area contributed by atoms with Crippen LogP contribution < -0.4 is 5.32 Å². The van der Waals surface area contributed by atoms with Crippen molar-refractivity contribution in [3.63, 3.8) is 0 Å². The lowest BCUT2D eigenvalue weighted by Crippen LogP contribution is -2.40. The molecule has 0 saturated heterocycles. The summed E-state index contributed by atoms with van der Waals surface area (Å²) in [5.74, 6) is -1.86. The lowest BCUT2D eigenvalue weighted by Gasteiger charge is -2.18. The average molecular weight is 265 g/mol. The number of hydrogen-bond donors (Lipinski definition) is 2. The van der Waals surface area contributed by atoms with Crippen LogP contribution in [0.25, 0.3) is 0 Å². The molecule has 0 bridgehead atoms. The molecule has 2 unspecified atom stereocenters. The number of nitrogens with one attached hydrogen (secondary N) is 1. The molecular weight excluding hydrogens is 246 g/mol. The topological polar surface area (TPSA) is 75.6 Å². The second-order valence-electron chi connectivity index (χ2n) is 4.48. The molecular formula is C14H19NO4. The molecule has 1 amide bonds. The van der Waals surface area contributed by atoms with Gasteiger partial charge in [0.15, 0.2) is 0 Å². The third kappa shape index (κ3) is 4.06. The SMILES string of the molecule is COCc1ccccc1C(=O)NC(C)C(C)C(=O)O. The van der Waals surface area contributed by atoms with Gasteiger partial charge >= 0.3 is 5.97 Å². The molecule has 5 heteroatoms. The molecule has 0 spiro atoms. The van der Waals surface area contributed by atoms with Gasteiger partial charge in [-0.15, -0.1) is 0 Å². The van der Waals surface area contributed by atoms with Gasteiger partial charge in [-0.25, -0.2) is 0 Å². The molecule has 0 aliphatic heterocycles. The predicted molar refractivity (Wildman–Crippen MR) is 70.9 cm³/mol. The Hall–Kier alpha value is -1.88. The fourth-order valence-electron chi connectivity index (χ4n) is 1.65. The molecule has 2 atom stereocenters. The molecule has 0 radical (unpaired) electrons. The summed E-state index contributed by atoms with van der Waals surface area (Å²) in [5, 5.41) is 11.6. The highest BCUT2D eigenvalue weighted by Gasteiger charge is 2.22. The van der Waals surface area contributed by atoms with Crippen LogP contribution in [0.15, 0.2) is 24.3 Å². The normalized spacial score (nSPS) is 13.6. The van der Waals surface area contributed by atoms with E-state index in [2.05, 4.69) is 5.32 Å². The Morgan fingerprint density at radius 1 is 1.32 bits per heavy atom. The fraction of sp³-hybridized carbons (Fsp3) is 0.429. The van der Waals surface area contributed by atoms with Crippen LogP contribution in [0.2, 0.25) is 0 Å². The first-order valence-electron chi connectivity index (χ1n) is 6.08. The minimum absolute atomic E-state index is 0.284. The van der Waals surface area contributed by atoms with Crippen molar-refractivity contribution in [2.24, 2.45) is 5.92 Å². The van der Waals surface area contributed by atoms with Crippen LogP contribution in [-0.4, -0.2) is 30.1 Å². The number of methoxy groups -OCH3 is 1. The van der Waals surface area contributed by atoms with E-state index in [1.54, 1.807) is 33.1 Å². The molecule has 19 heavy (non-hydrogen) atoms. The van der Waals surface area contributed by atoms with Crippen LogP contribution in [0.1, 0.15) is 29.8 Å². The summed E-state index contributed by atoms with van der Waals surface area (Å²) in [6, 6.07) is 6.65. The second-order valence-corrected chi connectivity index (χ2v) is 4.48. The molecule has 5 nitrogen and oxygen atoms in total. The third-order valence-electron chi connectivity index (χ3n) is 3.06. The van der Waals surface area contributed by atoms with Gasteiger partial charge in [-0.2, -0.15) is 0 Å². The zero-order valence-electron chi connectivity index (χ0n) is 11.3. The molecule has 0 aliphatic rings. The second kappa shape index (κ2) is 6.89. The maximum Gasteiger partial charge on any atom is 0.308 e. The number of amides is 1. The van der Waals surface area contributed by atoms with Gasteiger partial charge in [0.2, 0.25) is 0 Å². The van der Waals surface area contributed by atoms with Crippen LogP contribution >= 0.6 is 0 Å². The maximum atomic E-state index is 12.1. The number of benzene rings is 1. The zero-order valence-corrected chi connectivity index (χ0v) is 11.3.